The fourth-order valence-corrected chi connectivity index (χ4v) is 3.60. The van der Waals surface area contributed by atoms with Gasteiger partial charge in [0.15, 0.2) is 0 Å². The van der Waals surface area contributed by atoms with Crippen molar-refractivity contribution in [1.29, 1.82) is 0 Å². The molecule has 25 heavy (non-hydrogen) atoms. The maximum absolute atomic E-state index is 5.48. The molecule has 0 atom stereocenters. The second-order valence-electron chi connectivity index (χ2n) is 7.04. The minimum atomic E-state index is 0.879. The van der Waals surface area contributed by atoms with Gasteiger partial charge in [0.05, 0.1) is 0 Å². The SMILES string of the molecule is C#Cc1cccc(CC(=C)C/C=C(\C)C2=CCC3=C(C=C2)CCC3)c1. The third-order valence-corrected chi connectivity index (χ3v) is 5.11. The third-order valence-electron chi connectivity index (χ3n) is 5.11. The highest BCUT2D eigenvalue weighted by Gasteiger charge is 2.13. The van der Waals surface area contributed by atoms with Gasteiger partial charge in [0.1, 0.15) is 0 Å². The number of terminal acetylenes is 1. The van der Waals surface area contributed by atoms with Crippen molar-refractivity contribution in [2.75, 3.05) is 0 Å². The average molecular weight is 326 g/mol. The Morgan fingerprint density at radius 1 is 1.28 bits per heavy atom. The first kappa shape index (κ1) is 17.3. The molecule has 0 aromatic heterocycles. The molecule has 0 unspecified atom stereocenters. The number of allylic oxidation sites excluding steroid dienone is 9. The van der Waals surface area contributed by atoms with Gasteiger partial charge in [0.25, 0.3) is 0 Å². The van der Waals surface area contributed by atoms with Gasteiger partial charge in [-0.05, 0) is 79.9 Å². The van der Waals surface area contributed by atoms with Crippen molar-refractivity contribution < 1.29 is 0 Å². The first-order chi connectivity index (χ1) is 12.2. The summed E-state index contributed by atoms with van der Waals surface area (Å²) in [6.45, 7) is 6.45. The van der Waals surface area contributed by atoms with Gasteiger partial charge in [-0.2, -0.15) is 0 Å². The van der Waals surface area contributed by atoms with Gasteiger partial charge >= 0.3 is 0 Å². The van der Waals surface area contributed by atoms with E-state index in [9.17, 15) is 0 Å². The van der Waals surface area contributed by atoms with Crippen molar-refractivity contribution in [3.8, 4) is 12.3 Å². The summed E-state index contributed by atoms with van der Waals surface area (Å²) < 4.78 is 0. The Bertz CT molecular complexity index is 831. The minimum absolute atomic E-state index is 0.879. The molecule has 0 nitrogen and oxygen atoms in total. The molecule has 0 heterocycles. The smallest absolute Gasteiger partial charge is 0.0245 e. The van der Waals surface area contributed by atoms with E-state index in [1.54, 1.807) is 11.1 Å². The molecule has 0 amide bonds. The van der Waals surface area contributed by atoms with Crippen LogP contribution in [0.1, 0.15) is 50.2 Å². The molecule has 126 valence electrons. The predicted octanol–water partition coefficient (Wildman–Crippen LogP) is 6.47. The average Bonchev–Trinajstić information content (AvgIpc) is 2.98. The molecule has 1 aromatic carbocycles. The Morgan fingerprint density at radius 3 is 3.00 bits per heavy atom. The number of hydrogen-bond donors (Lipinski definition) is 0. The maximum Gasteiger partial charge on any atom is 0.0245 e. The van der Waals surface area contributed by atoms with Crippen LogP contribution in [0, 0.1) is 12.3 Å². The van der Waals surface area contributed by atoms with Gasteiger partial charge in [0.2, 0.25) is 0 Å². The van der Waals surface area contributed by atoms with Crippen LogP contribution in [0.4, 0.5) is 0 Å². The van der Waals surface area contributed by atoms with Crippen molar-refractivity contribution in [3.05, 3.63) is 94.1 Å². The summed E-state index contributed by atoms with van der Waals surface area (Å²) in [6, 6.07) is 8.18. The van der Waals surface area contributed by atoms with Gasteiger partial charge in [-0.15, -0.1) is 6.42 Å². The molecular weight excluding hydrogens is 300 g/mol. The zero-order chi connectivity index (χ0) is 17.6. The largest absolute Gasteiger partial charge is 0.115 e. The molecule has 1 aromatic rings. The molecule has 0 spiro atoms. The van der Waals surface area contributed by atoms with Crippen molar-refractivity contribution in [1.82, 2.24) is 0 Å². The first-order valence-electron chi connectivity index (χ1n) is 9.14. The second-order valence-corrected chi connectivity index (χ2v) is 7.04. The molecule has 2 aliphatic rings. The lowest BCUT2D eigenvalue weighted by atomic mass is 9.99. The van der Waals surface area contributed by atoms with Crippen LogP contribution in [-0.4, -0.2) is 0 Å². The van der Waals surface area contributed by atoms with E-state index in [0.29, 0.717) is 0 Å². The molecule has 0 N–H and O–H groups in total. The zero-order valence-electron chi connectivity index (χ0n) is 15.1. The fourth-order valence-electron chi connectivity index (χ4n) is 3.60. The van der Waals surface area contributed by atoms with Crippen molar-refractivity contribution in [2.45, 2.75) is 45.4 Å². The molecule has 0 saturated heterocycles. The summed E-state index contributed by atoms with van der Waals surface area (Å²) >= 11 is 0. The fraction of sp³-hybridized carbons (Fsp3) is 0.280. The first-order valence-corrected chi connectivity index (χ1v) is 9.14. The monoisotopic (exact) mass is 326 g/mol. The van der Waals surface area contributed by atoms with Crippen molar-refractivity contribution >= 4 is 0 Å². The Balaban J connectivity index is 1.59. The van der Waals surface area contributed by atoms with Crippen LogP contribution < -0.4 is 0 Å². The summed E-state index contributed by atoms with van der Waals surface area (Å²) in [5, 5.41) is 0. The van der Waals surface area contributed by atoms with E-state index in [1.807, 2.05) is 12.1 Å². The Labute approximate surface area is 152 Å². The second kappa shape index (κ2) is 8.04. The molecule has 0 heteroatoms. The van der Waals surface area contributed by atoms with Crippen LogP contribution in [0.25, 0.3) is 0 Å². The zero-order valence-corrected chi connectivity index (χ0v) is 15.1. The van der Waals surface area contributed by atoms with E-state index in [0.717, 1.165) is 24.8 Å². The lowest BCUT2D eigenvalue weighted by molar-refractivity contribution is 0.886. The highest BCUT2D eigenvalue weighted by atomic mass is 14.2. The quantitative estimate of drug-likeness (QED) is 0.429. The Kier molecular flexibility index (Phi) is 5.56. The van der Waals surface area contributed by atoms with Gasteiger partial charge in [0, 0.05) is 5.56 Å². The van der Waals surface area contributed by atoms with Crippen LogP contribution in [0.2, 0.25) is 0 Å². The molecule has 0 bridgehead atoms. The Hall–Kier alpha value is -2.52. The van der Waals surface area contributed by atoms with Gasteiger partial charge in [-0.25, -0.2) is 0 Å². The molecule has 3 rings (SSSR count). The van der Waals surface area contributed by atoms with E-state index < -0.39 is 0 Å². The molecule has 0 aliphatic heterocycles. The molecule has 2 aliphatic carbocycles. The van der Waals surface area contributed by atoms with Crippen molar-refractivity contribution in [3.63, 3.8) is 0 Å². The highest BCUT2D eigenvalue weighted by Crippen LogP contribution is 2.33. The molecule has 0 fully saturated rings. The lowest BCUT2D eigenvalue weighted by Crippen LogP contribution is -1.90. The minimum Gasteiger partial charge on any atom is -0.115 e. The van der Waals surface area contributed by atoms with Crippen LogP contribution in [-0.2, 0) is 6.42 Å². The summed E-state index contributed by atoms with van der Waals surface area (Å²) in [4.78, 5) is 0. The van der Waals surface area contributed by atoms with Gasteiger partial charge in [-0.3, -0.25) is 0 Å². The van der Waals surface area contributed by atoms with E-state index in [4.69, 9.17) is 6.42 Å². The van der Waals surface area contributed by atoms with E-state index in [1.165, 1.54) is 41.5 Å². The van der Waals surface area contributed by atoms with Crippen LogP contribution in [0.3, 0.4) is 0 Å². The maximum atomic E-state index is 5.48. The molecule has 0 radical (unpaired) electrons. The lowest BCUT2D eigenvalue weighted by Gasteiger charge is -2.07. The van der Waals surface area contributed by atoms with Crippen molar-refractivity contribution in [2.24, 2.45) is 0 Å². The summed E-state index contributed by atoms with van der Waals surface area (Å²) in [5.74, 6) is 2.70. The van der Waals surface area contributed by atoms with Crippen LogP contribution in [0.15, 0.2) is 83.0 Å². The van der Waals surface area contributed by atoms with Gasteiger partial charge in [-0.1, -0.05) is 60.1 Å². The number of benzene rings is 1. The van der Waals surface area contributed by atoms with E-state index >= 15 is 0 Å². The van der Waals surface area contributed by atoms with Crippen LogP contribution >= 0.6 is 0 Å². The topological polar surface area (TPSA) is 0 Å². The predicted molar refractivity (Wildman–Crippen MR) is 108 cm³/mol. The Morgan fingerprint density at radius 2 is 2.16 bits per heavy atom. The standard InChI is InChI=1S/C25H26/c1-4-21-7-5-8-22(18-21)17-19(2)11-12-20(3)23-13-15-24-9-6-10-25(24)16-14-23/h1,5,7-8,12-15,18H,2,6,9-11,16-17H2,3H3/b20-12+. The normalized spacial score (nSPS) is 17.0. The summed E-state index contributed by atoms with van der Waals surface area (Å²) in [5.41, 5.74) is 9.29. The van der Waals surface area contributed by atoms with Gasteiger partial charge < -0.3 is 0 Å². The number of hydrogen-bond acceptors (Lipinski definition) is 0. The number of rotatable bonds is 5. The van der Waals surface area contributed by atoms with Crippen LogP contribution in [0.5, 0.6) is 0 Å². The molecule has 0 saturated carbocycles. The van der Waals surface area contributed by atoms with E-state index in [2.05, 4.69) is 55.9 Å². The summed E-state index contributed by atoms with van der Waals surface area (Å²) in [7, 11) is 0. The summed E-state index contributed by atoms with van der Waals surface area (Å²) in [6.07, 6.45) is 21.5. The van der Waals surface area contributed by atoms with E-state index in [-0.39, 0.29) is 0 Å². The molecular formula is C25H26. The highest BCUT2D eigenvalue weighted by molar-refractivity contribution is 5.46. The third kappa shape index (κ3) is 4.52.